The molecule has 0 radical (unpaired) electrons. The summed E-state index contributed by atoms with van der Waals surface area (Å²) in [6.45, 7) is 0.262. The third-order valence-corrected chi connectivity index (χ3v) is 4.91. The number of nitrogens with one attached hydrogen (secondary N) is 1. The van der Waals surface area contributed by atoms with E-state index in [-0.39, 0.29) is 17.9 Å². The van der Waals surface area contributed by atoms with Crippen LogP contribution in [0.2, 0.25) is 0 Å². The second-order valence-corrected chi connectivity index (χ2v) is 7.09. The average Bonchev–Trinajstić information content (AvgIpc) is 3.05. The van der Waals surface area contributed by atoms with Gasteiger partial charge in [-0.25, -0.2) is 14.1 Å². The molecule has 0 saturated heterocycles. The molecule has 1 aromatic heterocycles. The Kier molecular flexibility index (Phi) is 5.64. The Morgan fingerprint density at radius 2 is 2.08 bits per heavy atom. The summed E-state index contributed by atoms with van der Waals surface area (Å²) in [5.41, 5.74) is 3.95. The predicted molar refractivity (Wildman–Crippen MR) is 94.7 cm³/mol. The summed E-state index contributed by atoms with van der Waals surface area (Å²) in [7, 11) is 0. The van der Waals surface area contributed by atoms with Crippen molar-refractivity contribution in [3.63, 3.8) is 0 Å². The van der Waals surface area contributed by atoms with E-state index in [1.54, 1.807) is 29.8 Å². The Hall–Kier alpha value is -2.00. The van der Waals surface area contributed by atoms with Gasteiger partial charge in [0, 0.05) is 28.9 Å². The van der Waals surface area contributed by atoms with Crippen molar-refractivity contribution in [3.8, 4) is 0 Å². The maximum absolute atomic E-state index is 13.9. The van der Waals surface area contributed by atoms with Crippen LogP contribution in [0.25, 0.3) is 10.2 Å². The average molecular weight is 377 g/mol. The van der Waals surface area contributed by atoms with E-state index in [1.165, 1.54) is 23.5 Å². The number of aryl methyl sites for hydroxylation is 1. The highest BCUT2D eigenvalue weighted by Gasteiger charge is 2.13. The lowest BCUT2D eigenvalue weighted by molar-refractivity contribution is 0.103. The van der Waals surface area contributed by atoms with Crippen LogP contribution in [0.15, 0.2) is 41.9 Å². The van der Waals surface area contributed by atoms with E-state index in [2.05, 4.69) is 9.71 Å². The number of aromatic nitrogens is 1. The van der Waals surface area contributed by atoms with E-state index in [4.69, 9.17) is 0 Å². The van der Waals surface area contributed by atoms with Gasteiger partial charge in [-0.1, -0.05) is 0 Å². The third-order valence-electron chi connectivity index (χ3n) is 3.68. The number of carbonyl (C=O) groups excluding carboxylic acids is 1. The highest BCUT2D eigenvalue weighted by atomic mass is 32.2. The van der Waals surface area contributed by atoms with Gasteiger partial charge in [0.15, 0.2) is 5.78 Å². The number of fused-ring (bicyclic) bond motifs is 1. The molecule has 3 aromatic rings. The summed E-state index contributed by atoms with van der Waals surface area (Å²) in [5, 5.41) is 0. The summed E-state index contributed by atoms with van der Waals surface area (Å²) >= 11 is -0.864. The molecule has 0 saturated carbocycles. The zero-order valence-corrected chi connectivity index (χ0v) is 14.7. The summed E-state index contributed by atoms with van der Waals surface area (Å²) in [5.74, 6) is -0.741. The van der Waals surface area contributed by atoms with Gasteiger partial charge in [0.1, 0.15) is 5.82 Å². The van der Waals surface area contributed by atoms with Crippen molar-refractivity contribution < 1.29 is 17.9 Å². The van der Waals surface area contributed by atoms with Crippen LogP contribution < -0.4 is 4.72 Å². The molecule has 1 heterocycles. The fraction of sp³-hybridized carbons (Fsp3) is 0.176. The lowest BCUT2D eigenvalue weighted by Gasteiger charge is -2.08. The van der Waals surface area contributed by atoms with Crippen molar-refractivity contribution in [3.05, 3.63) is 64.4 Å². The molecule has 2 aromatic carbocycles. The molecule has 5 nitrogen and oxygen atoms in total. The van der Waals surface area contributed by atoms with Crippen LogP contribution in [0.5, 0.6) is 0 Å². The predicted octanol–water partition coefficient (Wildman–Crippen LogP) is 2.98. The number of nitrogens with zero attached hydrogens (tertiary/aromatic N) is 1. The fourth-order valence-electron chi connectivity index (χ4n) is 2.54. The van der Waals surface area contributed by atoms with Gasteiger partial charge in [0.2, 0.25) is 0 Å². The maximum atomic E-state index is 13.9. The minimum atomic E-state index is -2.31. The van der Waals surface area contributed by atoms with Gasteiger partial charge in [-0.05, 0) is 54.8 Å². The second-order valence-electron chi connectivity index (χ2n) is 5.44. The quantitative estimate of drug-likeness (QED) is 0.390. The zero-order chi connectivity index (χ0) is 17.8. The minimum absolute atomic E-state index is 0.255. The van der Waals surface area contributed by atoms with Crippen LogP contribution in [0.4, 0.5) is 4.39 Å². The number of carbonyl (C=O) groups is 1. The van der Waals surface area contributed by atoms with Crippen LogP contribution >= 0.6 is 11.3 Å². The first-order chi connectivity index (χ1) is 12.0. The lowest BCUT2D eigenvalue weighted by atomic mass is 9.99. The van der Waals surface area contributed by atoms with Crippen molar-refractivity contribution in [1.82, 2.24) is 9.71 Å². The minimum Gasteiger partial charge on any atom is -0.760 e. The van der Waals surface area contributed by atoms with Gasteiger partial charge in [0.25, 0.3) is 0 Å². The molecular formula is C17H14FN2O3S2-. The number of rotatable bonds is 7. The first kappa shape index (κ1) is 17.8. The summed E-state index contributed by atoms with van der Waals surface area (Å²) in [6, 6.07) is 9.44. The SMILES string of the molecule is O=C(c1cc(F)cc(CCCNS(=O)[O-])c1)c1ccc2ncsc2c1. The fourth-order valence-corrected chi connectivity index (χ4v) is 3.56. The Balaban J connectivity index is 1.78. The van der Waals surface area contributed by atoms with Gasteiger partial charge in [-0.15, -0.1) is 11.3 Å². The highest BCUT2D eigenvalue weighted by Crippen LogP contribution is 2.22. The summed E-state index contributed by atoms with van der Waals surface area (Å²) in [6.07, 6.45) is 0.980. The number of ketones is 1. The molecule has 0 fully saturated rings. The van der Waals surface area contributed by atoms with Crippen LogP contribution in [0.1, 0.15) is 27.9 Å². The largest absolute Gasteiger partial charge is 0.760 e. The Labute approximate surface area is 150 Å². The molecule has 1 N–H and O–H groups in total. The standard InChI is InChI=1S/C17H15FN2O3S2/c18-14-7-11(2-1-5-20-25(22)23)6-13(8-14)17(21)12-3-4-15-16(9-12)24-10-19-15/h3-4,6-10,20H,1-2,5H2,(H,22,23)/p-1. The van der Waals surface area contributed by atoms with Crippen molar-refractivity contribution in [2.24, 2.45) is 0 Å². The van der Waals surface area contributed by atoms with Crippen LogP contribution in [0.3, 0.4) is 0 Å². The van der Waals surface area contributed by atoms with E-state index in [0.29, 0.717) is 24.0 Å². The topological polar surface area (TPSA) is 82.1 Å². The first-order valence-electron chi connectivity index (χ1n) is 7.53. The van der Waals surface area contributed by atoms with Crippen molar-refractivity contribution >= 4 is 38.6 Å². The lowest BCUT2D eigenvalue weighted by Crippen LogP contribution is -2.18. The third kappa shape index (κ3) is 4.55. The first-order valence-corrected chi connectivity index (χ1v) is 9.48. The van der Waals surface area contributed by atoms with Crippen LogP contribution in [0, 0.1) is 5.82 Å². The monoisotopic (exact) mass is 377 g/mol. The molecule has 0 aliphatic rings. The molecule has 0 amide bonds. The summed E-state index contributed by atoms with van der Waals surface area (Å²) in [4.78, 5) is 16.8. The molecule has 0 aliphatic heterocycles. The molecule has 0 spiro atoms. The van der Waals surface area contributed by atoms with Gasteiger partial charge < -0.3 is 4.55 Å². The molecule has 0 aliphatic carbocycles. The van der Waals surface area contributed by atoms with Crippen LogP contribution in [-0.2, 0) is 17.7 Å². The number of hydrogen-bond acceptors (Lipinski definition) is 5. The normalized spacial score (nSPS) is 12.4. The van der Waals surface area contributed by atoms with Crippen molar-refractivity contribution in [1.29, 1.82) is 0 Å². The van der Waals surface area contributed by atoms with E-state index in [1.807, 2.05) is 0 Å². The number of thiazole rings is 1. The zero-order valence-electron chi connectivity index (χ0n) is 13.0. The molecule has 130 valence electrons. The van der Waals surface area contributed by atoms with Crippen LogP contribution in [-0.4, -0.2) is 26.1 Å². The van der Waals surface area contributed by atoms with Gasteiger partial charge in [0.05, 0.1) is 15.7 Å². The van der Waals surface area contributed by atoms with E-state index in [9.17, 15) is 17.9 Å². The molecule has 0 bridgehead atoms. The molecule has 1 unspecified atom stereocenters. The van der Waals surface area contributed by atoms with E-state index >= 15 is 0 Å². The Bertz CT molecular complexity index is 943. The highest BCUT2D eigenvalue weighted by molar-refractivity contribution is 7.77. The molecule has 25 heavy (non-hydrogen) atoms. The number of halogens is 1. The summed E-state index contributed by atoms with van der Waals surface area (Å²) < 4.78 is 37.9. The molecule has 1 atom stereocenters. The Morgan fingerprint density at radius 1 is 1.24 bits per heavy atom. The van der Waals surface area contributed by atoms with Crippen molar-refractivity contribution in [2.45, 2.75) is 12.8 Å². The van der Waals surface area contributed by atoms with Gasteiger partial charge >= 0.3 is 0 Å². The van der Waals surface area contributed by atoms with Gasteiger partial charge in [-0.3, -0.25) is 9.00 Å². The van der Waals surface area contributed by atoms with Gasteiger partial charge in [-0.2, -0.15) is 0 Å². The number of benzene rings is 2. The van der Waals surface area contributed by atoms with E-state index in [0.717, 1.165) is 10.2 Å². The smallest absolute Gasteiger partial charge is 0.193 e. The molecule has 8 heteroatoms. The second kappa shape index (κ2) is 7.92. The molecular weight excluding hydrogens is 363 g/mol. The maximum Gasteiger partial charge on any atom is 0.193 e. The Morgan fingerprint density at radius 3 is 2.88 bits per heavy atom. The van der Waals surface area contributed by atoms with E-state index < -0.39 is 17.1 Å². The number of hydrogen-bond donors (Lipinski definition) is 1. The van der Waals surface area contributed by atoms with Crippen molar-refractivity contribution in [2.75, 3.05) is 6.54 Å². The molecule has 3 rings (SSSR count).